The first-order chi connectivity index (χ1) is 14.5. The zero-order valence-corrected chi connectivity index (χ0v) is 17.3. The summed E-state index contributed by atoms with van der Waals surface area (Å²) in [4.78, 5) is 12.3. The van der Waals surface area contributed by atoms with Gasteiger partial charge in [-0.15, -0.1) is 0 Å². The first kappa shape index (κ1) is 20.1. The van der Waals surface area contributed by atoms with Crippen molar-refractivity contribution in [3.05, 3.63) is 78.5 Å². The third-order valence-electron chi connectivity index (χ3n) is 5.12. The van der Waals surface area contributed by atoms with E-state index in [0.29, 0.717) is 13.0 Å². The Kier molecular flexibility index (Phi) is 5.81. The summed E-state index contributed by atoms with van der Waals surface area (Å²) in [5, 5.41) is 7.53. The molecule has 1 amide bonds. The highest BCUT2D eigenvalue weighted by Crippen LogP contribution is 2.24. The Morgan fingerprint density at radius 3 is 2.47 bits per heavy atom. The van der Waals surface area contributed by atoms with Crippen LogP contribution in [0.3, 0.4) is 0 Å². The van der Waals surface area contributed by atoms with E-state index in [9.17, 15) is 13.2 Å². The molecule has 3 aromatic rings. The fourth-order valence-electron chi connectivity index (χ4n) is 3.54. The minimum Gasteiger partial charge on any atom is -0.352 e. The van der Waals surface area contributed by atoms with E-state index in [4.69, 9.17) is 5.10 Å². The molecule has 1 N–H and O–H groups in total. The topological polar surface area (TPSA) is 81.1 Å². The average Bonchev–Trinajstić information content (AvgIpc) is 3.35. The number of hydrogen-bond acceptors (Lipinski definition) is 4. The van der Waals surface area contributed by atoms with Gasteiger partial charge < -0.3 is 5.32 Å². The van der Waals surface area contributed by atoms with Crippen LogP contribution in [0.25, 0.3) is 23.0 Å². The first-order valence-corrected chi connectivity index (χ1v) is 11.7. The van der Waals surface area contributed by atoms with Gasteiger partial charge >= 0.3 is 0 Å². The molecule has 4 rings (SSSR count). The van der Waals surface area contributed by atoms with Gasteiger partial charge in [0.25, 0.3) is 0 Å². The highest BCUT2D eigenvalue weighted by Gasteiger charge is 2.27. The molecule has 1 aliphatic heterocycles. The fourth-order valence-corrected chi connectivity index (χ4v) is 5.41. The number of rotatable bonds is 6. The summed E-state index contributed by atoms with van der Waals surface area (Å²) in [5.74, 6) is 0.111. The molecule has 1 atom stereocenters. The number of para-hydroxylation sites is 1. The molecule has 2 heterocycles. The highest BCUT2D eigenvalue weighted by molar-refractivity contribution is 7.91. The normalized spacial score (nSPS) is 17.9. The van der Waals surface area contributed by atoms with Gasteiger partial charge in [0.2, 0.25) is 5.91 Å². The van der Waals surface area contributed by atoms with Gasteiger partial charge in [0.1, 0.15) is 0 Å². The van der Waals surface area contributed by atoms with Gasteiger partial charge in [-0.05, 0) is 30.5 Å². The van der Waals surface area contributed by atoms with E-state index in [1.807, 2.05) is 66.9 Å². The second kappa shape index (κ2) is 8.67. The average molecular weight is 422 g/mol. The zero-order valence-electron chi connectivity index (χ0n) is 16.4. The van der Waals surface area contributed by atoms with Gasteiger partial charge in [0, 0.05) is 29.9 Å². The molecule has 30 heavy (non-hydrogen) atoms. The monoisotopic (exact) mass is 421 g/mol. The van der Waals surface area contributed by atoms with E-state index >= 15 is 0 Å². The molecule has 1 unspecified atom stereocenters. The number of nitrogens with one attached hydrogen (secondary N) is 1. The Morgan fingerprint density at radius 2 is 1.80 bits per heavy atom. The molecule has 7 heteroatoms. The van der Waals surface area contributed by atoms with Crippen LogP contribution in [0.2, 0.25) is 0 Å². The Bertz CT molecular complexity index is 1150. The van der Waals surface area contributed by atoms with E-state index in [2.05, 4.69) is 5.32 Å². The third kappa shape index (κ3) is 4.86. The number of sulfone groups is 1. The van der Waals surface area contributed by atoms with Crippen molar-refractivity contribution in [1.82, 2.24) is 15.1 Å². The molecule has 0 saturated carbocycles. The van der Waals surface area contributed by atoms with E-state index in [0.717, 1.165) is 22.5 Å². The number of amides is 1. The van der Waals surface area contributed by atoms with Crippen LogP contribution in [-0.2, 0) is 14.6 Å². The van der Waals surface area contributed by atoms with Crippen LogP contribution >= 0.6 is 0 Å². The summed E-state index contributed by atoms with van der Waals surface area (Å²) in [6.07, 6.45) is 5.72. The van der Waals surface area contributed by atoms with Crippen molar-refractivity contribution in [2.24, 2.45) is 5.92 Å². The molecule has 0 radical (unpaired) electrons. The largest absolute Gasteiger partial charge is 0.352 e. The summed E-state index contributed by atoms with van der Waals surface area (Å²) in [6.45, 7) is 0.372. The lowest BCUT2D eigenvalue weighted by atomic mass is 10.1. The smallest absolute Gasteiger partial charge is 0.244 e. The number of hydrogen-bond donors (Lipinski definition) is 1. The van der Waals surface area contributed by atoms with E-state index in [1.54, 1.807) is 10.8 Å². The van der Waals surface area contributed by atoms with Gasteiger partial charge in [0.05, 0.1) is 22.9 Å². The molecule has 0 bridgehead atoms. The lowest BCUT2D eigenvalue weighted by molar-refractivity contribution is -0.116. The summed E-state index contributed by atoms with van der Waals surface area (Å²) < 4.78 is 24.9. The summed E-state index contributed by atoms with van der Waals surface area (Å²) in [6, 6.07) is 19.6. The number of carbonyl (C=O) groups excluding carboxylic acids is 1. The zero-order chi connectivity index (χ0) is 21.0. The van der Waals surface area contributed by atoms with Crippen LogP contribution in [-0.4, -0.2) is 42.2 Å². The van der Waals surface area contributed by atoms with E-state index in [1.165, 1.54) is 6.08 Å². The molecule has 0 spiro atoms. The minimum atomic E-state index is -2.94. The maximum atomic E-state index is 12.3. The van der Waals surface area contributed by atoms with Crippen molar-refractivity contribution >= 4 is 21.8 Å². The third-order valence-corrected chi connectivity index (χ3v) is 6.95. The van der Waals surface area contributed by atoms with Crippen LogP contribution in [0.4, 0.5) is 0 Å². The molecule has 1 fully saturated rings. The van der Waals surface area contributed by atoms with Gasteiger partial charge in [-0.1, -0.05) is 48.5 Å². The van der Waals surface area contributed by atoms with Crippen molar-refractivity contribution in [2.45, 2.75) is 6.42 Å². The van der Waals surface area contributed by atoms with Crippen molar-refractivity contribution in [3.63, 3.8) is 0 Å². The predicted molar refractivity (Wildman–Crippen MR) is 118 cm³/mol. The maximum Gasteiger partial charge on any atom is 0.244 e. The number of benzene rings is 2. The fraction of sp³-hybridized carbons (Fsp3) is 0.217. The molecule has 1 aliphatic rings. The van der Waals surface area contributed by atoms with Gasteiger partial charge in [-0.25, -0.2) is 13.1 Å². The Morgan fingerprint density at radius 1 is 1.10 bits per heavy atom. The Labute approximate surface area is 176 Å². The van der Waals surface area contributed by atoms with Crippen LogP contribution in [0.5, 0.6) is 0 Å². The number of aromatic nitrogens is 2. The van der Waals surface area contributed by atoms with Crippen LogP contribution < -0.4 is 5.32 Å². The molecule has 154 valence electrons. The predicted octanol–water partition coefficient (Wildman–Crippen LogP) is 3.10. The first-order valence-electron chi connectivity index (χ1n) is 9.87. The summed E-state index contributed by atoms with van der Waals surface area (Å²) in [5.41, 5.74) is 3.50. The van der Waals surface area contributed by atoms with Gasteiger partial charge in [0.15, 0.2) is 9.84 Å². The molecular formula is C23H23N3O3S. The standard InChI is InChI=1S/C23H23N3O3S/c27-22(24-15-18-13-14-30(28,29)17-18)12-11-20-16-26(21-9-5-2-6-10-21)25-23(20)19-7-3-1-4-8-19/h1-12,16,18H,13-15,17H2,(H,24,27)/b12-11+. The van der Waals surface area contributed by atoms with Crippen LogP contribution in [0.15, 0.2) is 72.9 Å². The maximum absolute atomic E-state index is 12.3. The van der Waals surface area contributed by atoms with Crippen LogP contribution in [0, 0.1) is 5.92 Å². The van der Waals surface area contributed by atoms with Crippen molar-refractivity contribution < 1.29 is 13.2 Å². The van der Waals surface area contributed by atoms with Crippen molar-refractivity contribution in [2.75, 3.05) is 18.1 Å². The lowest BCUT2D eigenvalue weighted by Gasteiger charge is -2.07. The second-order valence-electron chi connectivity index (χ2n) is 7.43. The quantitative estimate of drug-likeness (QED) is 0.620. The van der Waals surface area contributed by atoms with Crippen LogP contribution in [0.1, 0.15) is 12.0 Å². The summed E-state index contributed by atoms with van der Waals surface area (Å²) in [7, 11) is -2.94. The lowest BCUT2D eigenvalue weighted by Crippen LogP contribution is -2.28. The Balaban J connectivity index is 1.52. The summed E-state index contributed by atoms with van der Waals surface area (Å²) >= 11 is 0. The second-order valence-corrected chi connectivity index (χ2v) is 9.66. The van der Waals surface area contributed by atoms with Gasteiger partial charge in [-0.2, -0.15) is 5.10 Å². The SMILES string of the molecule is O=C(/C=C/c1cn(-c2ccccc2)nc1-c1ccccc1)NCC1CCS(=O)(=O)C1. The molecule has 6 nitrogen and oxygen atoms in total. The van der Waals surface area contributed by atoms with E-state index in [-0.39, 0.29) is 23.3 Å². The minimum absolute atomic E-state index is 0.00643. The highest BCUT2D eigenvalue weighted by atomic mass is 32.2. The molecule has 1 saturated heterocycles. The molecule has 0 aliphatic carbocycles. The van der Waals surface area contributed by atoms with E-state index < -0.39 is 9.84 Å². The number of nitrogens with zero attached hydrogens (tertiary/aromatic N) is 2. The van der Waals surface area contributed by atoms with Crippen molar-refractivity contribution in [1.29, 1.82) is 0 Å². The Hall–Kier alpha value is -3.19. The molecule has 1 aromatic heterocycles. The molecule has 2 aromatic carbocycles. The van der Waals surface area contributed by atoms with Gasteiger partial charge in [-0.3, -0.25) is 4.79 Å². The molecular weight excluding hydrogens is 398 g/mol. The van der Waals surface area contributed by atoms with Crippen molar-refractivity contribution in [3.8, 4) is 16.9 Å². The number of carbonyl (C=O) groups is 1.